The zero-order valence-corrected chi connectivity index (χ0v) is 53.8. The van der Waals surface area contributed by atoms with Crippen LogP contribution in [0, 0.1) is 0 Å². The molecule has 0 saturated heterocycles. The Kier molecular flexibility index (Phi) is 66.2. The Morgan fingerprint density at radius 1 is 0.259 bits per heavy atom. The van der Waals surface area contributed by atoms with Crippen LogP contribution >= 0.6 is 0 Å². The number of carbonyl (C=O) groups excluding carboxylic acids is 3. The van der Waals surface area contributed by atoms with Gasteiger partial charge in [-0.25, -0.2) is 0 Å². The molecule has 6 nitrogen and oxygen atoms in total. The van der Waals surface area contributed by atoms with Crippen LogP contribution in [0.15, 0.2) is 85.1 Å². The molecule has 0 bridgehead atoms. The first-order valence-corrected chi connectivity index (χ1v) is 35.1. The van der Waals surface area contributed by atoms with Crippen LogP contribution in [-0.4, -0.2) is 37.2 Å². The molecule has 0 aliphatic heterocycles. The molecule has 0 aromatic heterocycles. The van der Waals surface area contributed by atoms with Gasteiger partial charge in [0, 0.05) is 19.3 Å². The molecule has 0 heterocycles. The van der Waals surface area contributed by atoms with Crippen molar-refractivity contribution in [1.82, 2.24) is 0 Å². The first-order chi connectivity index (χ1) is 40.0. The topological polar surface area (TPSA) is 78.9 Å². The number of rotatable bonds is 64. The van der Waals surface area contributed by atoms with E-state index >= 15 is 0 Å². The van der Waals surface area contributed by atoms with E-state index < -0.39 is 6.10 Å². The van der Waals surface area contributed by atoms with Gasteiger partial charge in [-0.1, -0.05) is 350 Å². The molecule has 1 atom stereocenters. The summed E-state index contributed by atoms with van der Waals surface area (Å²) in [7, 11) is 0. The third-order valence-electron chi connectivity index (χ3n) is 15.4. The predicted octanol–water partition coefficient (Wildman–Crippen LogP) is 24.2. The number of unbranched alkanes of at least 4 members (excludes halogenated alkanes) is 39. The zero-order valence-electron chi connectivity index (χ0n) is 53.8. The molecule has 0 aliphatic rings. The van der Waals surface area contributed by atoms with Gasteiger partial charge < -0.3 is 14.2 Å². The van der Waals surface area contributed by atoms with Gasteiger partial charge in [0.25, 0.3) is 0 Å². The summed E-state index contributed by atoms with van der Waals surface area (Å²) in [5.74, 6) is -0.960. The van der Waals surface area contributed by atoms with E-state index in [-0.39, 0.29) is 37.5 Å². The first-order valence-electron chi connectivity index (χ1n) is 35.1. The fourth-order valence-electron chi connectivity index (χ4n) is 10.2. The van der Waals surface area contributed by atoms with Gasteiger partial charge in [-0.2, -0.15) is 0 Å². The quantitative estimate of drug-likeness (QED) is 0.0261. The Morgan fingerprint density at radius 3 is 0.741 bits per heavy atom. The number of allylic oxidation sites excluding steroid dienone is 14. The van der Waals surface area contributed by atoms with Crippen molar-refractivity contribution in [2.45, 2.75) is 361 Å². The summed E-state index contributed by atoms with van der Waals surface area (Å²) in [6.07, 6.45) is 92.7. The van der Waals surface area contributed by atoms with Crippen molar-refractivity contribution in [2.24, 2.45) is 0 Å². The number of hydrogen-bond acceptors (Lipinski definition) is 6. The first kappa shape index (κ1) is 77.6. The van der Waals surface area contributed by atoms with E-state index in [4.69, 9.17) is 14.2 Å². The highest BCUT2D eigenvalue weighted by Gasteiger charge is 2.19. The lowest BCUT2D eigenvalue weighted by Gasteiger charge is -2.18. The van der Waals surface area contributed by atoms with Crippen LogP contribution in [0.4, 0.5) is 0 Å². The lowest BCUT2D eigenvalue weighted by Crippen LogP contribution is -2.30. The van der Waals surface area contributed by atoms with Crippen LogP contribution < -0.4 is 0 Å². The molecule has 0 aromatic rings. The van der Waals surface area contributed by atoms with E-state index in [1.165, 1.54) is 205 Å². The van der Waals surface area contributed by atoms with Crippen LogP contribution in [0.3, 0.4) is 0 Å². The molecule has 0 aromatic carbocycles. The minimum Gasteiger partial charge on any atom is -0.462 e. The molecule has 81 heavy (non-hydrogen) atoms. The molecule has 0 radical (unpaired) electrons. The van der Waals surface area contributed by atoms with E-state index in [1.807, 2.05) is 0 Å². The fourth-order valence-corrected chi connectivity index (χ4v) is 10.2. The predicted molar refractivity (Wildman–Crippen MR) is 353 cm³/mol. The second-order valence-electron chi connectivity index (χ2n) is 23.4. The minimum absolute atomic E-state index is 0.0973. The molecule has 0 saturated carbocycles. The summed E-state index contributed by atoms with van der Waals surface area (Å²) in [5.41, 5.74) is 0. The van der Waals surface area contributed by atoms with Crippen molar-refractivity contribution in [3.63, 3.8) is 0 Å². The average molecular weight is 1130 g/mol. The minimum atomic E-state index is -0.804. The summed E-state index contributed by atoms with van der Waals surface area (Å²) in [6, 6.07) is 0. The molecule has 0 amide bonds. The van der Waals surface area contributed by atoms with Crippen molar-refractivity contribution in [2.75, 3.05) is 13.2 Å². The van der Waals surface area contributed by atoms with E-state index in [2.05, 4.69) is 106 Å². The molecule has 0 N–H and O–H groups in total. The third-order valence-corrected chi connectivity index (χ3v) is 15.4. The second kappa shape index (κ2) is 69.1. The lowest BCUT2D eigenvalue weighted by molar-refractivity contribution is -0.167. The van der Waals surface area contributed by atoms with E-state index in [1.54, 1.807) is 0 Å². The second-order valence-corrected chi connectivity index (χ2v) is 23.4. The van der Waals surface area contributed by atoms with E-state index in [0.29, 0.717) is 19.3 Å². The zero-order chi connectivity index (χ0) is 58.5. The Balaban J connectivity index is 3.96. The van der Waals surface area contributed by atoms with Gasteiger partial charge in [0.15, 0.2) is 6.10 Å². The molecule has 6 heteroatoms. The monoisotopic (exact) mass is 1130 g/mol. The number of hydrogen-bond donors (Lipinski definition) is 0. The summed E-state index contributed by atoms with van der Waals surface area (Å²) < 4.78 is 16.7. The summed E-state index contributed by atoms with van der Waals surface area (Å²) in [5, 5.41) is 0. The smallest absolute Gasteiger partial charge is 0.306 e. The maximum atomic E-state index is 12.8. The maximum Gasteiger partial charge on any atom is 0.306 e. The number of ether oxygens (including phenoxy) is 3. The van der Waals surface area contributed by atoms with Gasteiger partial charge in [0.2, 0.25) is 0 Å². The van der Waals surface area contributed by atoms with Gasteiger partial charge in [0.1, 0.15) is 13.2 Å². The molecule has 0 aliphatic carbocycles. The highest BCUT2D eigenvalue weighted by Crippen LogP contribution is 2.18. The number of esters is 3. The SMILES string of the molecule is CC/C=C\C/C=C\C/C=C\C/C=C\C/C=C\C/C=C\C/C=C\CCCC(=O)OC(COC(=O)CCCCCCC)COC(=O)CCCCCCCCCCCCCCCCCCCCCCCCCCCCCCCCCCCCC. The van der Waals surface area contributed by atoms with Crippen molar-refractivity contribution in [1.29, 1.82) is 0 Å². The van der Waals surface area contributed by atoms with Gasteiger partial charge in [0.05, 0.1) is 0 Å². The molecule has 468 valence electrons. The summed E-state index contributed by atoms with van der Waals surface area (Å²) in [6.45, 7) is 6.43. The Labute approximate surface area is 503 Å². The molecule has 0 spiro atoms. The van der Waals surface area contributed by atoms with Crippen molar-refractivity contribution in [3.05, 3.63) is 85.1 Å². The Morgan fingerprint density at radius 2 is 0.481 bits per heavy atom. The Bertz CT molecular complexity index is 1530. The van der Waals surface area contributed by atoms with Crippen molar-refractivity contribution < 1.29 is 28.6 Å². The largest absolute Gasteiger partial charge is 0.462 e. The van der Waals surface area contributed by atoms with Gasteiger partial charge >= 0.3 is 17.9 Å². The third kappa shape index (κ3) is 67.3. The molecule has 0 rings (SSSR count). The average Bonchev–Trinajstić information content (AvgIpc) is 3.47. The van der Waals surface area contributed by atoms with Crippen LogP contribution in [0.5, 0.6) is 0 Å². The normalized spacial score (nSPS) is 12.6. The maximum absolute atomic E-state index is 12.8. The summed E-state index contributed by atoms with van der Waals surface area (Å²) >= 11 is 0. The highest BCUT2D eigenvalue weighted by atomic mass is 16.6. The molecular formula is C75H132O6. The molecule has 0 fully saturated rings. The van der Waals surface area contributed by atoms with Crippen molar-refractivity contribution in [3.8, 4) is 0 Å². The van der Waals surface area contributed by atoms with Crippen LogP contribution in [0.1, 0.15) is 355 Å². The molecule has 1 unspecified atom stereocenters. The van der Waals surface area contributed by atoms with Crippen LogP contribution in [0.25, 0.3) is 0 Å². The van der Waals surface area contributed by atoms with E-state index in [0.717, 1.165) is 103 Å². The summed E-state index contributed by atoms with van der Waals surface area (Å²) in [4.78, 5) is 37.9. The fraction of sp³-hybridized carbons (Fsp3) is 0.773. The van der Waals surface area contributed by atoms with Crippen molar-refractivity contribution >= 4 is 17.9 Å². The standard InChI is InChI=1S/C75H132O6/c1-4-7-10-13-15-17-19-21-23-25-27-29-31-32-33-34-35-36-37-38-39-40-41-42-44-45-47-49-51-53-55-57-59-62-65-68-74(77)80-71-72(70-79-73(76)67-64-61-12-9-6-3)81-75(78)69-66-63-60-58-56-54-52-50-48-46-43-30-28-26-24-22-20-18-16-14-11-8-5-2/h8,11,16,18,22,24,28,30,46,48,52,54,58,60,72H,4-7,9-10,12-15,17,19-21,23,25-27,29,31-45,47,49-51,53,55-57,59,61-71H2,1-3H3/b11-8-,18-16-,24-22-,30-28-,48-46-,54-52-,60-58-. The van der Waals surface area contributed by atoms with E-state index in [9.17, 15) is 14.4 Å². The number of carbonyl (C=O) groups is 3. The van der Waals surface area contributed by atoms with Gasteiger partial charge in [-0.05, 0) is 70.6 Å². The molecular weight excluding hydrogens is 997 g/mol. The Hall–Kier alpha value is -3.41. The lowest BCUT2D eigenvalue weighted by atomic mass is 10.0. The highest BCUT2D eigenvalue weighted by molar-refractivity contribution is 5.71. The van der Waals surface area contributed by atoms with Crippen LogP contribution in [0.2, 0.25) is 0 Å². The van der Waals surface area contributed by atoms with Gasteiger partial charge in [-0.15, -0.1) is 0 Å². The van der Waals surface area contributed by atoms with Gasteiger partial charge in [-0.3, -0.25) is 14.4 Å². The van der Waals surface area contributed by atoms with Crippen LogP contribution in [-0.2, 0) is 28.6 Å².